The van der Waals surface area contributed by atoms with Crippen molar-refractivity contribution in [3.8, 4) is 5.75 Å². The Kier molecular flexibility index (Phi) is 5.28. The predicted octanol–water partition coefficient (Wildman–Crippen LogP) is 3.72. The first-order valence-corrected chi connectivity index (χ1v) is 10.8. The molecule has 2 amide bonds. The number of amides is 2. The molecule has 1 atom stereocenters. The highest BCUT2D eigenvalue weighted by molar-refractivity contribution is 6.03. The molecule has 0 bridgehead atoms. The Bertz CT molecular complexity index is 929. The number of hydrogen-bond acceptors (Lipinski definition) is 3. The molecule has 1 aromatic heterocycles. The molecule has 156 valence electrons. The third-order valence-electron chi connectivity index (χ3n) is 6.51. The number of fused-ring (bicyclic) bond motifs is 3. The molecule has 6 nitrogen and oxygen atoms in total. The van der Waals surface area contributed by atoms with Gasteiger partial charge in [-0.05, 0) is 44.4 Å². The molecule has 29 heavy (non-hydrogen) atoms. The molecule has 1 saturated carbocycles. The quantitative estimate of drug-likeness (QED) is 0.836. The van der Waals surface area contributed by atoms with Crippen molar-refractivity contribution >= 4 is 22.7 Å². The Hall–Kier alpha value is -2.50. The van der Waals surface area contributed by atoms with Crippen LogP contribution in [0.2, 0.25) is 0 Å². The Balaban J connectivity index is 1.73. The van der Waals surface area contributed by atoms with Gasteiger partial charge in [0, 0.05) is 24.0 Å². The summed E-state index contributed by atoms with van der Waals surface area (Å²) in [4.78, 5) is 28.7. The van der Waals surface area contributed by atoms with Gasteiger partial charge in [-0.2, -0.15) is 0 Å². The van der Waals surface area contributed by atoms with Gasteiger partial charge in [0.25, 0.3) is 5.91 Å². The van der Waals surface area contributed by atoms with Gasteiger partial charge in [0.15, 0.2) is 0 Å². The molecule has 6 heteroatoms. The van der Waals surface area contributed by atoms with Crippen LogP contribution in [-0.4, -0.2) is 46.5 Å². The van der Waals surface area contributed by atoms with Gasteiger partial charge in [-0.3, -0.25) is 9.59 Å². The zero-order valence-electron chi connectivity index (χ0n) is 17.7. The summed E-state index contributed by atoms with van der Waals surface area (Å²) in [5.41, 5.74) is 0.664. The average molecular weight is 398 g/mol. The summed E-state index contributed by atoms with van der Waals surface area (Å²) in [7, 11) is 1.64. The van der Waals surface area contributed by atoms with Gasteiger partial charge in [-0.15, -0.1) is 0 Å². The van der Waals surface area contributed by atoms with Crippen LogP contribution in [0.3, 0.4) is 0 Å². The smallest absolute Gasteiger partial charge is 0.271 e. The number of nitrogens with one attached hydrogen (secondary N) is 1. The fourth-order valence-corrected chi connectivity index (χ4v) is 4.82. The summed E-state index contributed by atoms with van der Waals surface area (Å²) >= 11 is 0. The first-order valence-electron chi connectivity index (χ1n) is 10.8. The molecule has 0 spiro atoms. The number of benzene rings is 1. The van der Waals surface area contributed by atoms with Crippen LogP contribution in [0.25, 0.3) is 10.9 Å². The number of aromatic nitrogens is 1. The maximum Gasteiger partial charge on any atom is 0.271 e. The number of carbonyl (C=O) groups is 2. The van der Waals surface area contributed by atoms with Crippen LogP contribution < -0.4 is 10.1 Å². The normalized spacial score (nSPS) is 22.6. The second-order valence-electron chi connectivity index (χ2n) is 8.58. The van der Waals surface area contributed by atoms with Gasteiger partial charge in [0.2, 0.25) is 5.91 Å². The summed E-state index contributed by atoms with van der Waals surface area (Å²) in [6, 6.07) is 7.96. The molecule has 2 heterocycles. The second-order valence-corrected chi connectivity index (χ2v) is 8.58. The van der Waals surface area contributed by atoms with Gasteiger partial charge >= 0.3 is 0 Å². The molecule has 2 aromatic rings. The van der Waals surface area contributed by atoms with Gasteiger partial charge < -0.3 is 19.5 Å². The van der Waals surface area contributed by atoms with Crippen molar-refractivity contribution in [1.82, 2.24) is 14.8 Å². The van der Waals surface area contributed by atoms with E-state index < -0.39 is 5.54 Å². The molecule has 1 unspecified atom stereocenters. The lowest BCUT2D eigenvalue weighted by atomic mass is 9.91. The minimum absolute atomic E-state index is 0.0402. The van der Waals surface area contributed by atoms with E-state index in [0.717, 1.165) is 48.8 Å². The van der Waals surface area contributed by atoms with E-state index in [1.807, 2.05) is 42.7 Å². The van der Waals surface area contributed by atoms with Crippen LogP contribution in [0.1, 0.15) is 62.9 Å². The van der Waals surface area contributed by atoms with Gasteiger partial charge in [0.05, 0.1) is 19.2 Å². The zero-order valence-corrected chi connectivity index (χ0v) is 17.7. The predicted molar refractivity (Wildman–Crippen MR) is 113 cm³/mol. The van der Waals surface area contributed by atoms with E-state index in [0.29, 0.717) is 18.8 Å². The molecule has 4 rings (SSSR count). The molecule has 2 aliphatic rings. The average Bonchev–Trinajstić information content (AvgIpc) is 3.09. The van der Waals surface area contributed by atoms with Crippen molar-refractivity contribution in [1.29, 1.82) is 0 Å². The molecule has 1 aliphatic carbocycles. The molecule has 0 radical (unpaired) electrons. The van der Waals surface area contributed by atoms with Crippen LogP contribution in [0.5, 0.6) is 5.75 Å². The highest BCUT2D eigenvalue weighted by Crippen LogP contribution is 2.34. The van der Waals surface area contributed by atoms with Crippen molar-refractivity contribution in [2.45, 2.75) is 70.5 Å². The number of carbonyl (C=O) groups excluding carboxylic acids is 2. The molecule has 1 aromatic carbocycles. The molecular formula is C23H31N3O3. The Morgan fingerprint density at radius 2 is 2.00 bits per heavy atom. The van der Waals surface area contributed by atoms with E-state index in [2.05, 4.69) is 5.32 Å². The van der Waals surface area contributed by atoms with Crippen LogP contribution in [-0.2, 0) is 11.3 Å². The van der Waals surface area contributed by atoms with E-state index in [1.165, 1.54) is 6.42 Å². The second kappa shape index (κ2) is 7.73. The summed E-state index contributed by atoms with van der Waals surface area (Å²) < 4.78 is 7.37. The minimum Gasteiger partial charge on any atom is -0.497 e. The fourth-order valence-electron chi connectivity index (χ4n) is 4.82. The lowest BCUT2D eigenvalue weighted by Crippen LogP contribution is -2.65. The van der Waals surface area contributed by atoms with E-state index >= 15 is 0 Å². The standard InChI is InChI=1S/C23H31N3O3/c1-4-12-26-21(27)20-13-16-10-11-18(29-3)14-19(16)25(20)15-23(26,2)22(28)24-17-8-6-5-7-9-17/h10-11,13-14,17H,4-9,12,15H2,1-3H3,(H,24,28). The molecule has 1 aliphatic heterocycles. The monoisotopic (exact) mass is 397 g/mol. The minimum atomic E-state index is -0.910. The maximum absolute atomic E-state index is 13.5. The molecular weight excluding hydrogens is 366 g/mol. The van der Waals surface area contributed by atoms with Crippen molar-refractivity contribution in [3.05, 3.63) is 30.0 Å². The highest BCUT2D eigenvalue weighted by Gasteiger charge is 2.47. The van der Waals surface area contributed by atoms with Gasteiger partial charge in [0.1, 0.15) is 17.0 Å². The summed E-state index contributed by atoms with van der Waals surface area (Å²) in [5, 5.41) is 4.25. The van der Waals surface area contributed by atoms with Crippen molar-refractivity contribution in [2.24, 2.45) is 0 Å². The SMILES string of the molecule is CCCN1C(=O)c2cc3ccc(OC)cc3n2CC1(C)C(=O)NC1CCCCC1. The third-order valence-corrected chi connectivity index (χ3v) is 6.51. The first-order chi connectivity index (χ1) is 14.0. The van der Waals surface area contributed by atoms with E-state index in [9.17, 15) is 9.59 Å². The van der Waals surface area contributed by atoms with E-state index in [1.54, 1.807) is 12.0 Å². The van der Waals surface area contributed by atoms with Crippen molar-refractivity contribution in [2.75, 3.05) is 13.7 Å². The van der Waals surface area contributed by atoms with Crippen LogP contribution in [0.15, 0.2) is 24.3 Å². The van der Waals surface area contributed by atoms with Crippen molar-refractivity contribution < 1.29 is 14.3 Å². The van der Waals surface area contributed by atoms with E-state index in [4.69, 9.17) is 4.74 Å². The lowest BCUT2D eigenvalue weighted by molar-refractivity contribution is -0.133. The number of rotatable bonds is 5. The molecule has 1 N–H and O–H groups in total. The Morgan fingerprint density at radius 3 is 2.69 bits per heavy atom. The first kappa shape index (κ1) is 19.8. The Labute approximate surface area is 172 Å². The Morgan fingerprint density at radius 1 is 1.24 bits per heavy atom. The highest BCUT2D eigenvalue weighted by atomic mass is 16.5. The maximum atomic E-state index is 13.5. The largest absolute Gasteiger partial charge is 0.497 e. The molecule has 0 saturated heterocycles. The van der Waals surface area contributed by atoms with Gasteiger partial charge in [-0.1, -0.05) is 26.2 Å². The lowest BCUT2D eigenvalue weighted by Gasteiger charge is -2.44. The summed E-state index contributed by atoms with van der Waals surface area (Å²) in [6.45, 7) is 4.97. The zero-order chi connectivity index (χ0) is 20.6. The molecule has 1 fully saturated rings. The number of nitrogens with zero attached hydrogens (tertiary/aromatic N) is 2. The van der Waals surface area contributed by atoms with Crippen LogP contribution >= 0.6 is 0 Å². The number of methoxy groups -OCH3 is 1. The van der Waals surface area contributed by atoms with Crippen molar-refractivity contribution in [3.63, 3.8) is 0 Å². The number of hydrogen-bond donors (Lipinski definition) is 1. The van der Waals surface area contributed by atoms with Gasteiger partial charge in [-0.25, -0.2) is 0 Å². The third kappa shape index (κ3) is 3.38. The fraction of sp³-hybridized carbons (Fsp3) is 0.565. The van der Waals surface area contributed by atoms with Crippen LogP contribution in [0, 0.1) is 0 Å². The number of ether oxygens (including phenoxy) is 1. The summed E-state index contributed by atoms with van der Waals surface area (Å²) in [5.74, 6) is 0.631. The topological polar surface area (TPSA) is 63.6 Å². The van der Waals surface area contributed by atoms with Crippen LogP contribution in [0.4, 0.5) is 0 Å². The van der Waals surface area contributed by atoms with E-state index in [-0.39, 0.29) is 17.9 Å². The summed E-state index contributed by atoms with van der Waals surface area (Å²) in [6.07, 6.45) is 6.42.